The Morgan fingerprint density at radius 2 is 2.00 bits per heavy atom. The molecule has 1 aromatic rings. The van der Waals surface area contributed by atoms with E-state index in [0.717, 1.165) is 0 Å². The van der Waals surface area contributed by atoms with Gasteiger partial charge in [0.1, 0.15) is 18.4 Å². The summed E-state index contributed by atoms with van der Waals surface area (Å²) in [5.74, 6) is -0.577. The molecule has 1 amide bonds. The highest BCUT2D eigenvalue weighted by molar-refractivity contribution is 6.26. The minimum absolute atomic E-state index is 0.221. The number of aromatic nitrogens is 1. The SMILES string of the molecule is CO[C@@H]1c2c(COC(N)=O)c3c(n2C[C@@H]1N)C(=O)C(C)=C(NCCN(C)C)C3=O. The lowest BCUT2D eigenvalue weighted by Crippen LogP contribution is -2.35. The molecule has 10 heteroatoms. The zero-order valence-electron chi connectivity index (χ0n) is 17.1. The molecule has 0 bridgehead atoms. The standard InChI is InChI=1S/C19H27N5O5/c1-9-13(22-5-6-23(2)3)17(26)12-10(8-29-19(21)27)14-18(28-4)11(20)7-24(14)15(12)16(9)25/h11,18,22H,5-8,20H2,1-4H3,(H2,21,27)/t11-,18-/m0/s1. The van der Waals surface area contributed by atoms with Crippen molar-refractivity contribution in [2.24, 2.45) is 11.5 Å². The quantitative estimate of drug-likeness (QED) is 0.572. The Bertz CT molecular complexity index is 901. The predicted octanol–water partition coefficient (Wildman–Crippen LogP) is -0.0840. The number of hydrogen-bond acceptors (Lipinski definition) is 8. The summed E-state index contributed by atoms with van der Waals surface area (Å²) in [6.07, 6.45) is -1.50. The van der Waals surface area contributed by atoms with Gasteiger partial charge in [-0.25, -0.2) is 4.79 Å². The zero-order valence-corrected chi connectivity index (χ0v) is 17.1. The number of nitrogens with one attached hydrogen (secondary N) is 1. The van der Waals surface area contributed by atoms with Gasteiger partial charge in [-0.3, -0.25) is 9.59 Å². The van der Waals surface area contributed by atoms with Crippen LogP contribution in [0.5, 0.6) is 0 Å². The van der Waals surface area contributed by atoms with Gasteiger partial charge in [-0.15, -0.1) is 0 Å². The van der Waals surface area contributed by atoms with Crippen LogP contribution in [0.3, 0.4) is 0 Å². The lowest BCUT2D eigenvalue weighted by atomic mass is 9.89. The summed E-state index contributed by atoms with van der Waals surface area (Å²) in [5.41, 5.74) is 13.4. The van der Waals surface area contributed by atoms with Gasteiger partial charge in [-0.05, 0) is 21.0 Å². The number of carbonyl (C=O) groups is 3. The number of carbonyl (C=O) groups excluding carboxylic acids is 3. The zero-order chi connectivity index (χ0) is 21.5. The number of nitrogens with two attached hydrogens (primary N) is 2. The van der Waals surface area contributed by atoms with Crippen molar-refractivity contribution in [3.8, 4) is 0 Å². The van der Waals surface area contributed by atoms with Crippen molar-refractivity contribution in [3.63, 3.8) is 0 Å². The van der Waals surface area contributed by atoms with Crippen molar-refractivity contribution in [1.82, 2.24) is 14.8 Å². The fourth-order valence-corrected chi connectivity index (χ4v) is 3.97. The van der Waals surface area contributed by atoms with E-state index in [1.54, 1.807) is 11.5 Å². The number of fused-ring (bicyclic) bond motifs is 3. The first-order valence-electron chi connectivity index (χ1n) is 9.33. The van der Waals surface area contributed by atoms with E-state index in [9.17, 15) is 14.4 Å². The smallest absolute Gasteiger partial charge is 0.404 e. The van der Waals surface area contributed by atoms with Crippen LogP contribution in [-0.2, 0) is 22.6 Å². The van der Waals surface area contributed by atoms with Crippen molar-refractivity contribution in [1.29, 1.82) is 0 Å². The molecule has 158 valence electrons. The van der Waals surface area contributed by atoms with E-state index >= 15 is 0 Å². The lowest BCUT2D eigenvalue weighted by Gasteiger charge is -2.22. The largest absolute Gasteiger partial charge is 0.445 e. The van der Waals surface area contributed by atoms with Crippen LogP contribution in [0.1, 0.15) is 45.1 Å². The number of methoxy groups -OCH3 is 1. The molecule has 5 N–H and O–H groups in total. The summed E-state index contributed by atoms with van der Waals surface area (Å²) in [5, 5.41) is 3.08. The molecular formula is C19H27N5O5. The molecule has 2 aliphatic rings. The van der Waals surface area contributed by atoms with Crippen LogP contribution < -0.4 is 16.8 Å². The summed E-state index contributed by atoms with van der Waals surface area (Å²) in [6.45, 7) is 2.90. The number of Topliss-reactive ketones (excluding diaryl/α,β-unsaturated/α-hetero) is 2. The number of primary amides is 1. The number of ether oxygens (including phenoxy) is 2. The summed E-state index contributed by atoms with van der Waals surface area (Å²) in [7, 11) is 5.34. The highest BCUT2D eigenvalue weighted by atomic mass is 16.5. The molecule has 0 spiro atoms. The third-order valence-corrected chi connectivity index (χ3v) is 5.32. The highest BCUT2D eigenvalue weighted by Gasteiger charge is 2.44. The highest BCUT2D eigenvalue weighted by Crippen LogP contribution is 2.40. The lowest BCUT2D eigenvalue weighted by molar-refractivity contribution is 0.0871. The normalized spacial score (nSPS) is 20.9. The van der Waals surface area contributed by atoms with Crippen molar-refractivity contribution in [2.45, 2.75) is 32.2 Å². The first-order valence-corrected chi connectivity index (χ1v) is 9.33. The van der Waals surface area contributed by atoms with Crippen molar-refractivity contribution in [2.75, 3.05) is 34.3 Å². The Morgan fingerprint density at radius 3 is 2.59 bits per heavy atom. The second-order valence-corrected chi connectivity index (χ2v) is 7.51. The number of nitrogens with zero attached hydrogens (tertiary/aromatic N) is 2. The molecule has 0 saturated heterocycles. The van der Waals surface area contributed by atoms with Gasteiger partial charge in [0.2, 0.25) is 11.6 Å². The predicted molar refractivity (Wildman–Crippen MR) is 104 cm³/mol. The van der Waals surface area contributed by atoms with Gasteiger partial charge in [-0.1, -0.05) is 0 Å². The van der Waals surface area contributed by atoms with Crippen molar-refractivity contribution in [3.05, 3.63) is 33.8 Å². The average Bonchev–Trinajstić information content (AvgIpc) is 3.13. The molecule has 1 aliphatic heterocycles. The van der Waals surface area contributed by atoms with Crippen LogP contribution in [0.4, 0.5) is 4.79 Å². The maximum absolute atomic E-state index is 13.4. The summed E-state index contributed by atoms with van der Waals surface area (Å²) in [6, 6.07) is -0.389. The molecule has 1 aromatic heterocycles. The summed E-state index contributed by atoms with van der Waals surface area (Å²) >= 11 is 0. The van der Waals surface area contributed by atoms with E-state index in [4.69, 9.17) is 20.9 Å². The Balaban J connectivity index is 2.09. The Kier molecular flexibility index (Phi) is 5.78. The van der Waals surface area contributed by atoms with Gasteiger partial charge < -0.3 is 35.7 Å². The van der Waals surface area contributed by atoms with Gasteiger partial charge in [0, 0.05) is 37.9 Å². The number of likely N-dealkylation sites (N-methyl/N-ethyl adjacent to an activating group) is 1. The summed E-state index contributed by atoms with van der Waals surface area (Å²) < 4.78 is 12.2. The maximum atomic E-state index is 13.4. The summed E-state index contributed by atoms with van der Waals surface area (Å²) in [4.78, 5) is 39.7. The molecule has 0 fully saturated rings. The second-order valence-electron chi connectivity index (χ2n) is 7.51. The van der Waals surface area contributed by atoms with E-state index in [-0.39, 0.29) is 41.2 Å². The second kappa shape index (κ2) is 7.97. The van der Waals surface area contributed by atoms with E-state index in [1.807, 2.05) is 19.0 Å². The van der Waals surface area contributed by atoms with Crippen LogP contribution in [0.15, 0.2) is 11.3 Å². The van der Waals surface area contributed by atoms with Crippen LogP contribution in [0, 0.1) is 0 Å². The van der Waals surface area contributed by atoms with E-state index in [1.165, 1.54) is 7.11 Å². The third-order valence-electron chi connectivity index (χ3n) is 5.32. The van der Waals surface area contributed by atoms with E-state index in [0.29, 0.717) is 36.5 Å². The van der Waals surface area contributed by atoms with Crippen molar-refractivity contribution >= 4 is 17.7 Å². The molecule has 0 saturated carbocycles. The van der Waals surface area contributed by atoms with Gasteiger partial charge in [0.05, 0.1) is 23.0 Å². The molecule has 2 atom stereocenters. The number of rotatable bonds is 7. The number of amides is 1. The molecule has 10 nitrogen and oxygen atoms in total. The molecule has 3 rings (SSSR count). The monoisotopic (exact) mass is 405 g/mol. The number of allylic oxidation sites excluding steroid dienone is 2. The van der Waals surface area contributed by atoms with Crippen LogP contribution >= 0.6 is 0 Å². The number of hydrogen-bond donors (Lipinski definition) is 3. The topological polar surface area (TPSA) is 142 Å². The molecule has 0 unspecified atom stereocenters. The van der Waals surface area contributed by atoms with Gasteiger partial charge >= 0.3 is 6.09 Å². The molecule has 0 radical (unpaired) electrons. The van der Waals surface area contributed by atoms with E-state index < -0.39 is 12.2 Å². The average molecular weight is 405 g/mol. The number of ketones is 2. The van der Waals surface area contributed by atoms with Crippen LogP contribution in [-0.4, -0.2) is 67.5 Å². The molecule has 29 heavy (non-hydrogen) atoms. The van der Waals surface area contributed by atoms with Crippen LogP contribution in [0.2, 0.25) is 0 Å². The van der Waals surface area contributed by atoms with Crippen LogP contribution in [0.25, 0.3) is 0 Å². The molecular weight excluding hydrogens is 378 g/mol. The van der Waals surface area contributed by atoms with E-state index in [2.05, 4.69) is 5.32 Å². The first kappa shape index (κ1) is 21.0. The van der Waals surface area contributed by atoms with Gasteiger partial charge in [0.15, 0.2) is 0 Å². The Labute approximate surface area is 168 Å². The Morgan fingerprint density at radius 1 is 1.31 bits per heavy atom. The minimum atomic E-state index is -0.972. The third kappa shape index (κ3) is 3.54. The molecule has 1 aliphatic carbocycles. The van der Waals surface area contributed by atoms with Gasteiger partial charge in [0.25, 0.3) is 0 Å². The van der Waals surface area contributed by atoms with Crippen molar-refractivity contribution < 1.29 is 23.9 Å². The van der Waals surface area contributed by atoms with Gasteiger partial charge in [-0.2, -0.15) is 0 Å². The fourth-order valence-electron chi connectivity index (χ4n) is 3.97. The Hall–Kier alpha value is -2.69. The minimum Gasteiger partial charge on any atom is -0.445 e. The molecule has 0 aromatic carbocycles. The first-order chi connectivity index (χ1) is 13.7. The molecule has 2 heterocycles. The fraction of sp³-hybridized carbons (Fsp3) is 0.526. The maximum Gasteiger partial charge on any atom is 0.404 e.